The predicted molar refractivity (Wildman–Crippen MR) is 123 cm³/mol. The minimum Gasteiger partial charge on any atom is -0.474 e. The molecule has 1 aromatic carbocycles. The molecule has 1 saturated carbocycles. The van der Waals surface area contributed by atoms with E-state index in [-0.39, 0.29) is 18.6 Å². The van der Waals surface area contributed by atoms with Crippen LogP contribution in [0.3, 0.4) is 0 Å². The molecule has 0 unspecified atom stereocenters. The summed E-state index contributed by atoms with van der Waals surface area (Å²) in [6.45, 7) is 7.35. The van der Waals surface area contributed by atoms with Crippen LogP contribution in [0.2, 0.25) is 0 Å². The Morgan fingerprint density at radius 2 is 1.84 bits per heavy atom. The molecule has 0 spiro atoms. The molecule has 1 amide bonds. The van der Waals surface area contributed by atoms with Gasteiger partial charge >= 0.3 is 0 Å². The van der Waals surface area contributed by atoms with E-state index >= 15 is 0 Å². The van der Waals surface area contributed by atoms with E-state index in [1.165, 1.54) is 18.5 Å². The van der Waals surface area contributed by atoms with Gasteiger partial charge in [-0.1, -0.05) is 0 Å². The smallest absolute Gasteiger partial charge is 0.248 e. The van der Waals surface area contributed by atoms with Crippen LogP contribution in [0.1, 0.15) is 32.1 Å². The van der Waals surface area contributed by atoms with Crippen molar-refractivity contribution in [2.24, 2.45) is 0 Å². The molecule has 2 saturated heterocycles. The standard InChI is InChI=1S/C24H33N5O3/c30-23-17-31-15-3-8-29(23)14-11-27-9-12-28(13-10-27)19-6-7-22-21(16-19)24(26-18-25-22)32-20-4-1-2-5-20/h6-7,16,18,20H,1-5,8-15,17H2. The maximum atomic E-state index is 12.1. The molecule has 3 aliphatic rings. The van der Waals surface area contributed by atoms with Crippen molar-refractivity contribution in [3.8, 4) is 5.88 Å². The number of anilines is 1. The Labute approximate surface area is 189 Å². The first-order valence-electron chi connectivity index (χ1n) is 12.0. The van der Waals surface area contributed by atoms with Crippen LogP contribution in [-0.4, -0.2) is 90.8 Å². The molecule has 172 valence electrons. The van der Waals surface area contributed by atoms with Crippen LogP contribution in [0, 0.1) is 0 Å². The second-order valence-electron chi connectivity index (χ2n) is 9.02. The van der Waals surface area contributed by atoms with Crippen LogP contribution >= 0.6 is 0 Å². The number of benzene rings is 1. The Kier molecular flexibility index (Phi) is 6.69. The first-order valence-corrected chi connectivity index (χ1v) is 12.0. The van der Waals surface area contributed by atoms with Gasteiger partial charge in [0.1, 0.15) is 19.0 Å². The summed E-state index contributed by atoms with van der Waals surface area (Å²) in [5.74, 6) is 0.837. The highest BCUT2D eigenvalue weighted by Crippen LogP contribution is 2.30. The number of ether oxygens (including phenoxy) is 2. The van der Waals surface area contributed by atoms with Crippen molar-refractivity contribution in [1.82, 2.24) is 19.8 Å². The number of hydrogen-bond donors (Lipinski definition) is 0. The second-order valence-corrected chi connectivity index (χ2v) is 9.02. The lowest BCUT2D eigenvalue weighted by molar-refractivity contribution is -0.134. The van der Waals surface area contributed by atoms with Gasteiger partial charge in [0, 0.05) is 58.1 Å². The van der Waals surface area contributed by atoms with Crippen LogP contribution in [0.25, 0.3) is 10.9 Å². The van der Waals surface area contributed by atoms with Gasteiger partial charge in [-0.25, -0.2) is 9.97 Å². The zero-order valence-electron chi connectivity index (χ0n) is 18.7. The lowest BCUT2D eigenvalue weighted by Crippen LogP contribution is -2.49. The zero-order chi connectivity index (χ0) is 21.8. The fourth-order valence-electron chi connectivity index (χ4n) is 4.94. The Bertz CT molecular complexity index is 925. The molecule has 0 radical (unpaired) electrons. The van der Waals surface area contributed by atoms with Crippen molar-refractivity contribution in [3.63, 3.8) is 0 Å². The first kappa shape index (κ1) is 21.4. The minimum atomic E-state index is 0.121. The van der Waals surface area contributed by atoms with E-state index in [2.05, 4.69) is 38.0 Å². The Hall–Kier alpha value is -2.45. The normalized spacial score (nSPS) is 21.3. The van der Waals surface area contributed by atoms with E-state index in [0.717, 1.165) is 76.0 Å². The molecule has 2 aliphatic heterocycles. The summed E-state index contributed by atoms with van der Waals surface area (Å²) < 4.78 is 11.6. The summed E-state index contributed by atoms with van der Waals surface area (Å²) in [4.78, 5) is 27.8. The highest BCUT2D eigenvalue weighted by Gasteiger charge is 2.22. The summed E-state index contributed by atoms with van der Waals surface area (Å²) >= 11 is 0. The Balaban J connectivity index is 1.19. The summed E-state index contributed by atoms with van der Waals surface area (Å²) in [5.41, 5.74) is 2.13. The van der Waals surface area contributed by atoms with Crippen molar-refractivity contribution < 1.29 is 14.3 Å². The van der Waals surface area contributed by atoms with Gasteiger partial charge in [-0.3, -0.25) is 9.69 Å². The molecule has 8 heteroatoms. The molecule has 3 fully saturated rings. The number of fused-ring (bicyclic) bond motifs is 1. The summed E-state index contributed by atoms with van der Waals surface area (Å²) in [6, 6.07) is 6.42. The van der Waals surface area contributed by atoms with Crippen molar-refractivity contribution in [2.45, 2.75) is 38.2 Å². The van der Waals surface area contributed by atoms with Crippen LogP contribution in [0.4, 0.5) is 5.69 Å². The van der Waals surface area contributed by atoms with E-state index in [9.17, 15) is 4.79 Å². The number of aromatic nitrogens is 2. The van der Waals surface area contributed by atoms with Crippen molar-refractivity contribution >= 4 is 22.5 Å². The van der Waals surface area contributed by atoms with E-state index < -0.39 is 0 Å². The van der Waals surface area contributed by atoms with E-state index in [4.69, 9.17) is 9.47 Å². The molecule has 0 N–H and O–H groups in total. The van der Waals surface area contributed by atoms with Gasteiger partial charge in [0.05, 0.1) is 10.9 Å². The van der Waals surface area contributed by atoms with Crippen LogP contribution in [-0.2, 0) is 9.53 Å². The average Bonchev–Trinajstić information content (AvgIpc) is 3.25. The quantitative estimate of drug-likeness (QED) is 0.684. The maximum Gasteiger partial charge on any atom is 0.248 e. The van der Waals surface area contributed by atoms with Gasteiger partial charge in [0.25, 0.3) is 0 Å². The summed E-state index contributed by atoms with van der Waals surface area (Å²) in [7, 11) is 0. The van der Waals surface area contributed by atoms with Crippen molar-refractivity contribution in [2.75, 3.05) is 63.9 Å². The van der Waals surface area contributed by atoms with Gasteiger partial charge in [-0.05, 0) is 50.3 Å². The highest BCUT2D eigenvalue weighted by atomic mass is 16.5. The molecule has 8 nitrogen and oxygen atoms in total. The molecule has 3 heterocycles. The maximum absolute atomic E-state index is 12.1. The van der Waals surface area contributed by atoms with Crippen molar-refractivity contribution in [1.29, 1.82) is 0 Å². The SMILES string of the molecule is O=C1COCCCN1CCN1CCN(c2ccc3ncnc(OC4CCCC4)c3c2)CC1. The van der Waals surface area contributed by atoms with Gasteiger partial charge in [0.15, 0.2) is 0 Å². The van der Waals surface area contributed by atoms with Gasteiger partial charge in [-0.15, -0.1) is 0 Å². The van der Waals surface area contributed by atoms with Gasteiger partial charge in [0.2, 0.25) is 11.8 Å². The molecule has 1 aromatic heterocycles. The van der Waals surface area contributed by atoms with E-state index in [1.807, 2.05) is 4.90 Å². The molecular weight excluding hydrogens is 406 g/mol. The van der Waals surface area contributed by atoms with Gasteiger partial charge < -0.3 is 19.3 Å². The lowest BCUT2D eigenvalue weighted by atomic mass is 10.2. The molecule has 5 rings (SSSR count). The number of piperazine rings is 1. The topological polar surface area (TPSA) is 71.0 Å². The van der Waals surface area contributed by atoms with Crippen LogP contribution < -0.4 is 9.64 Å². The monoisotopic (exact) mass is 439 g/mol. The average molecular weight is 440 g/mol. The van der Waals surface area contributed by atoms with Gasteiger partial charge in [-0.2, -0.15) is 0 Å². The number of rotatable bonds is 6. The Morgan fingerprint density at radius 3 is 2.69 bits per heavy atom. The fraction of sp³-hybridized carbons (Fsp3) is 0.625. The second kappa shape index (κ2) is 10.0. The van der Waals surface area contributed by atoms with Crippen LogP contribution in [0.15, 0.2) is 24.5 Å². The first-order chi connectivity index (χ1) is 15.8. The minimum absolute atomic E-state index is 0.121. The molecule has 0 bridgehead atoms. The fourth-order valence-corrected chi connectivity index (χ4v) is 4.94. The zero-order valence-corrected chi connectivity index (χ0v) is 18.7. The number of carbonyl (C=O) groups excluding carboxylic acids is 1. The van der Waals surface area contributed by atoms with Crippen LogP contribution in [0.5, 0.6) is 5.88 Å². The van der Waals surface area contributed by atoms with E-state index in [0.29, 0.717) is 12.5 Å². The largest absolute Gasteiger partial charge is 0.474 e. The molecular formula is C24H33N5O3. The van der Waals surface area contributed by atoms with Crippen molar-refractivity contribution in [3.05, 3.63) is 24.5 Å². The third-order valence-electron chi connectivity index (χ3n) is 6.88. The third kappa shape index (κ3) is 4.96. The highest BCUT2D eigenvalue weighted by molar-refractivity contribution is 5.86. The number of amides is 1. The molecule has 32 heavy (non-hydrogen) atoms. The van der Waals surface area contributed by atoms with E-state index in [1.54, 1.807) is 6.33 Å². The number of carbonyl (C=O) groups is 1. The third-order valence-corrected chi connectivity index (χ3v) is 6.88. The molecule has 2 aromatic rings. The lowest BCUT2D eigenvalue weighted by Gasteiger charge is -2.37. The Morgan fingerprint density at radius 1 is 1.00 bits per heavy atom. The predicted octanol–water partition coefficient (Wildman–Crippen LogP) is 2.32. The molecule has 1 aliphatic carbocycles. The molecule has 0 atom stereocenters. The number of nitrogens with zero attached hydrogens (tertiary/aromatic N) is 5. The number of hydrogen-bond acceptors (Lipinski definition) is 7. The summed E-state index contributed by atoms with van der Waals surface area (Å²) in [6.07, 6.45) is 7.52. The summed E-state index contributed by atoms with van der Waals surface area (Å²) in [5, 5.41) is 1.00.